The van der Waals surface area contributed by atoms with E-state index in [4.69, 9.17) is 42.4 Å². The molecule has 4 rings (SSSR count). The normalized spacial score (nSPS) is 40.8. The number of carbonyl (C=O) groups is 4. The zero-order valence-corrected chi connectivity index (χ0v) is 34.7. The summed E-state index contributed by atoms with van der Waals surface area (Å²) in [6.45, 7) is 2.56. The Morgan fingerprint density at radius 2 is 0.969 bits per heavy atom. The van der Waals surface area contributed by atoms with Gasteiger partial charge in [-0.25, -0.2) is 18.0 Å². The molecule has 0 radical (unpaired) electrons. The molecule has 0 aromatic heterocycles. The van der Waals surface area contributed by atoms with Gasteiger partial charge in [0.15, 0.2) is 37.4 Å². The van der Waals surface area contributed by atoms with Crippen molar-refractivity contribution in [3.8, 4) is 0 Å². The Balaban J connectivity index is 1.70. The standard InChI is InChI=1S/C31H48N2O29S2/c1-4-5-53-28-12(32-8(2)34)21(14(36)10(56-28)6-54-63(47,48)49)58-31-20(42)18(40)23(25(62-31)27(45)46)60-29-13(33-9(3)35)22(15(37)11(57-29)7-55-64(50,51)52)59-30-19(41)16(38)17(39)24(61-30)26(43)44/h4,10-25,28-31,36-42H,1,5-7H2,2-3H3,(H,32,34)(H,33,35)(H,43,44)(H,45,46)(H,47,48,49)(H,50,51,52). The van der Waals surface area contributed by atoms with Crippen LogP contribution in [0.5, 0.6) is 0 Å². The molecule has 0 bridgehead atoms. The smallest absolute Gasteiger partial charge is 0.397 e. The molecule has 0 spiro atoms. The van der Waals surface area contributed by atoms with Crippen molar-refractivity contribution in [2.45, 2.75) is 137 Å². The van der Waals surface area contributed by atoms with E-state index in [1.807, 2.05) is 0 Å². The van der Waals surface area contributed by atoms with Crippen LogP contribution in [0.15, 0.2) is 12.7 Å². The third-order valence-electron chi connectivity index (χ3n) is 9.70. The van der Waals surface area contributed by atoms with Crippen molar-refractivity contribution >= 4 is 44.6 Å². The lowest BCUT2D eigenvalue weighted by Crippen LogP contribution is -2.71. The lowest BCUT2D eigenvalue weighted by molar-refractivity contribution is -0.369. The molecule has 0 aromatic rings. The van der Waals surface area contributed by atoms with Crippen molar-refractivity contribution in [2.75, 3.05) is 19.8 Å². The molecular formula is C31H48N2O29S2. The molecule has 2 amide bonds. The fourth-order valence-corrected chi connectivity index (χ4v) is 7.48. The summed E-state index contributed by atoms with van der Waals surface area (Å²) in [6.07, 6.45) is -38.7. The molecule has 4 fully saturated rings. The first kappa shape index (κ1) is 53.4. The van der Waals surface area contributed by atoms with Gasteiger partial charge in [0, 0.05) is 13.8 Å². The quantitative estimate of drug-likeness (QED) is 0.0422. The maximum absolute atomic E-state index is 12.7. The lowest BCUT2D eigenvalue weighted by Gasteiger charge is -2.50. The fourth-order valence-electron chi connectivity index (χ4n) is 6.87. The van der Waals surface area contributed by atoms with Gasteiger partial charge in [-0.05, 0) is 0 Å². The molecule has 4 aliphatic rings. The topological polar surface area (TPSA) is 475 Å². The van der Waals surface area contributed by atoms with E-state index >= 15 is 0 Å². The molecule has 0 saturated carbocycles. The van der Waals surface area contributed by atoms with Crippen molar-refractivity contribution < 1.29 is 137 Å². The summed E-state index contributed by atoms with van der Waals surface area (Å²) in [5, 5.41) is 101. The summed E-state index contributed by atoms with van der Waals surface area (Å²) < 4.78 is 117. The van der Waals surface area contributed by atoms with Crippen molar-refractivity contribution in [1.82, 2.24) is 10.6 Å². The number of aliphatic carboxylic acids is 2. The molecule has 31 nitrogen and oxygen atoms in total. The van der Waals surface area contributed by atoms with E-state index < -0.39 is 180 Å². The molecule has 368 valence electrons. The van der Waals surface area contributed by atoms with Gasteiger partial charge in [0.2, 0.25) is 11.8 Å². The van der Waals surface area contributed by atoms with Crippen LogP contribution in [0.25, 0.3) is 0 Å². The Bertz CT molecular complexity index is 1880. The van der Waals surface area contributed by atoms with E-state index in [9.17, 15) is 86.5 Å². The van der Waals surface area contributed by atoms with Crippen LogP contribution < -0.4 is 10.6 Å². The van der Waals surface area contributed by atoms with Gasteiger partial charge in [-0.3, -0.25) is 18.7 Å². The summed E-state index contributed by atoms with van der Waals surface area (Å²) in [6, 6.07) is -3.63. The van der Waals surface area contributed by atoms with Gasteiger partial charge >= 0.3 is 32.7 Å². The van der Waals surface area contributed by atoms with Gasteiger partial charge in [0.1, 0.15) is 85.3 Å². The number of ether oxygens (including phenoxy) is 8. The minimum Gasteiger partial charge on any atom is -0.479 e. The molecule has 4 heterocycles. The number of amides is 2. The van der Waals surface area contributed by atoms with E-state index in [-0.39, 0.29) is 6.61 Å². The number of aliphatic hydroxyl groups excluding tert-OH is 7. The van der Waals surface area contributed by atoms with Crippen molar-refractivity contribution in [2.24, 2.45) is 0 Å². The molecule has 64 heavy (non-hydrogen) atoms. The number of nitrogens with one attached hydrogen (secondary N) is 2. The highest BCUT2D eigenvalue weighted by Gasteiger charge is 2.58. The highest BCUT2D eigenvalue weighted by molar-refractivity contribution is 7.81. The van der Waals surface area contributed by atoms with Gasteiger partial charge in [-0.2, -0.15) is 16.8 Å². The van der Waals surface area contributed by atoms with Gasteiger partial charge < -0.3 is 94.5 Å². The number of hydrogen-bond acceptors (Lipinski definition) is 25. The summed E-state index contributed by atoms with van der Waals surface area (Å²) in [5.41, 5.74) is 0. The highest BCUT2D eigenvalue weighted by atomic mass is 32.3. The Morgan fingerprint density at radius 1 is 0.562 bits per heavy atom. The van der Waals surface area contributed by atoms with E-state index in [0.29, 0.717) is 0 Å². The van der Waals surface area contributed by atoms with Gasteiger partial charge in [-0.15, -0.1) is 6.58 Å². The first-order valence-corrected chi connectivity index (χ1v) is 21.2. The second-order valence-electron chi connectivity index (χ2n) is 14.3. The third kappa shape index (κ3) is 13.4. The predicted octanol–water partition coefficient (Wildman–Crippen LogP) is -8.41. The first-order valence-electron chi connectivity index (χ1n) is 18.5. The molecule has 4 aliphatic heterocycles. The van der Waals surface area contributed by atoms with Gasteiger partial charge in [0.25, 0.3) is 0 Å². The Hall–Kier alpha value is -3.24. The van der Waals surface area contributed by atoms with Crippen LogP contribution in [-0.2, 0) is 86.2 Å². The van der Waals surface area contributed by atoms with Crippen LogP contribution in [0.1, 0.15) is 13.8 Å². The third-order valence-corrected chi connectivity index (χ3v) is 10.6. The monoisotopic (exact) mass is 976 g/mol. The lowest BCUT2D eigenvalue weighted by atomic mass is 9.94. The van der Waals surface area contributed by atoms with Gasteiger partial charge in [-0.1, -0.05) is 6.08 Å². The minimum absolute atomic E-state index is 0.312. The van der Waals surface area contributed by atoms with Crippen molar-refractivity contribution in [3.63, 3.8) is 0 Å². The Labute approximate surface area is 361 Å². The molecule has 0 aromatic carbocycles. The molecule has 13 N–H and O–H groups in total. The second-order valence-corrected chi connectivity index (χ2v) is 16.5. The van der Waals surface area contributed by atoms with Crippen LogP contribution >= 0.6 is 0 Å². The number of rotatable bonds is 19. The molecule has 4 saturated heterocycles. The minimum atomic E-state index is -5.32. The average molecular weight is 977 g/mol. The summed E-state index contributed by atoms with van der Waals surface area (Å²) in [7, 11) is -10.5. The molecule has 0 aliphatic carbocycles. The molecule has 33 heteroatoms. The number of carboxylic acids is 2. The van der Waals surface area contributed by atoms with E-state index in [1.54, 1.807) is 0 Å². The maximum atomic E-state index is 12.7. The Kier molecular flexibility index (Phi) is 18.4. The van der Waals surface area contributed by atoms with Crippen LogP contribution in [0.2, 0.25) is 0 Å². The average Bonchev–Trinajstić information content (AvgIpc) is 3.18. The summed E-state index contributed by atoms with van der Waals surface area (Å²) >= 11 is 0. The van der Waals surface area contributed by atoms with Crippen molar-refractivity contribution in [3.05, 3.63) is 12.7 Å². The zero-order chi connectivity index (χ0) is 48.2. The van der Waals surface area contributed by atoms with Crippen LogP contribution in [0.4, 0.5) is 0 Å². The van der Waals surface area contributed by atoms with E-state index in [2.05, 4.69) is 25.6 Å². The summed E-state index contributed by atoms with van der Waals surface area (Å²) in [5.74, 6) is -5.71. The van der Waals surface area contributed by atoms with Crippen LogP contribution in [-0.4, -0.2) is 238 Å². The number of carbonyl (C=O) groups excluding carboxylic acids is 2. The zero-order valence-electron chi connectivity index (χ0n) is 33.0. The largest absolute Gasteiger partial charge is 0.479 e. The first-order chi connectivity index (χ1) is 29.6. The van der Waals surface area contributed by atoms with E-state index in [0.717, 1.165) is 13.8 Å². The number of carboxylic acid groups (broad SMARTS) is 2. The fraction of sp³-hybridized carbons (Fsp3) is 0.806. The highest BCUT2D eigenvalue weighted by Crippen LogP contribution is 2.35. The predicted molar refractivity (Wildman–Crippen MR) is 193 cm³/mol. The van der Waals surface area contributed by atoms with Crippen molar-refractivity contribution in [1.29, 1.82) is 0 Å². The molecular weight excluding hydrogens is 928 g/mol. The Morgan fingerprint density at radius 3 is 1.39 bits per heavy atom. The maximum Gasteiger partial charge on any atom is 0.397 e. The van der Waals surface area contributed by atoms with Crippen LogP contribution in [0, 0.1) is 0 Å². The molecule has 20 unspecified atom stereocenters. The number of hydrogen-bond donors (Lipinski definition) is 13. The molecule has 20 atom stereocenters. The second kappa shape index (κ2) is 22.0. The number of aliphatic hydroxyl groups is 7. The van der Waals surface area contributed by atoms with Gasteiger partial charge in [0.05, 0.1) is 19.8 Å². The van der Waals surface area contributed by atoms with E-state index in [1.165, 1.54) is 6.08 Å². The SMILES string of the molecule is C=CCOC1OC(COS(=O)(=O)O)C(O)C(OC2OC(C(=O)O)C(OC3OC(COS(=O)(=O)O)C(O)C(OC4OC(C(=O)O)C(O)C(O)C4O)C3NC(C)=O)C(O)C2O)C1NC(C)=O. The van der Waals surface area contributed by atoms with Crippen LogP contribution in [0.3, 0.4) is 0 Å². The summed E-state index contributed by atoms with van der Waals surface area (Å²) in [4.78, 5) is 49.2.